The Morgan fingerprint density at radius 3 is 2.62 bits per heavy atom. The van der Waals surface area contributed by atoms with Crippen molar-refractivity contribution in [1.82, 2.24) is 4.72 Å². The Morgan fingerprint density at radius 2 is 2.00 bits per heavy atom. The summed E-state index contributed by atoms with van der Waals surface area (Å²) >= 11 is 5.67. The molecule has 0 saturated heterocycles. The van der Waals surface area contributed by atoms with Gasteiger partial charge in [0, 0.05) is 11.7 Å². The summed E-state index contributed by atoms with van der Waals surface area (Å²) in [6.07, 6.45) is 2.66. The Labute approximate surface area is 129 Å². The van der Waals surface area contributed by atoms with Gasteiger partial charge in [0.2, 0.25) is 10.0 Å². The molecule has 1 aromatic rings. The molecule has 1 aromatic carbocycles. The van der Waals surface area contributed by atoms with Gasteiger partial charge in [0.1, 0.15) is 4.90 Å². The highest BCUT2D eigenvalue weighted by Crippen LogP contribution is 2.31. The van der Waals surface area contributed by atoms with Crippen molar-refractivity contribution in [2.24, 2.45) is 11.8 Å². The zero-order valence-corrected chi connectivity index (χ0v) is 13.6. The Bertz CT molecular complexity index is 636. The van der Waals surface area contributed by atoms with E-state index in [1.807, 2.05) is 6.92 Å². The van der Waals surface area contributed by atoms with Crippen LogP contribution in [0.2, 0.25) is 5.02 Å². The standard InChI is InChI=1S/C14H20ClFN2O2S/c1-8-3-4-12(9(2)5-8)18-21(19,20)13-7-10(17)6-11(15)14(13)16/h6-9,12,18H,3-5,17H2,1-2H3. The summed E-state index contributed by atoms with van der Waals surface area (Å²) in [5.74, 6) is -0.169. The van der Waals surface area contributed by atoms with Gasteiger partial charge in [-0.3, -0.25) is 0 Å². The number of nitrogens with one attached hydrogen (secondary N) is 1. The second-order valence-electron chi connectivity index (χ2n) is 5.94. The maximum absolute atomic E-state index is 14.0. The molecule has 0 spiro atoms. The first-order valence-corrected chi connectivity index (χ1v) is 8.83. The van der Waals surface area contributed by atoms with Gasteiger partial charge in [0.25, 0.3) is 0 Å². The van der Waals surface area contributed by atoms with Crippen LogP contribution in [0.25, 0.3) is 0 Å². The molecule has 3 atom stereocenters. The largest absolute Gasteiger partial charge is 0.399 e. The molecule has 0 amide bonds. The van der Waals surface area contributed by atoms with Gasteiger partial charge in [-0.25, -0.2) is 17.5 Å². The van der Waals surface area contributed by atoms with E-state index in [-0.39, 0.29) is 22.7 Å². The van der Waals surface area contributed by atoms with E-state index >= 15 is 0 Å². The van der Waals surface area contributed by atoms with Crippen LogP contribution in [0, 0.1) is 17.7 Å². The second-order valence-corrected chi connectivity index (χ2v) is 8.03. The summed E-state index contributed by atoms with van der Waals surface area (Å²) in [5.41, 5.74) is 5.68. The van der Waals surface area contributed by atoms with Crippen molar-refractivity contribution in [3.63, 3.8) is 0 Å². The molecule has 0 aromatic heterocycles. The highest BCUT2D eigenvalue weighted by molar-refractivity contribution is 7.89. The fraction of sp³-hybridized carbons (Fsp3) is 0.571. The molecule has 1 aliphatic rings. The minimum Gasteiger partial charge on any atom is -0.399 e. The normalized spacial score (nSPS) is 26.8. The lowest BCUT2D eigenvalue weighted by atomic mass is 9.80. The fourth-order valence-corrected chi connectivity index (χ4v) is 4.68. The molecule has 4 nitrogen and oxygen atoms in total. The number of benzene rings is 1. The Kier molecular flexibility index (Phi) is 4.80. The predicted octanol–water partition coefficient (Wildman–Crippen LogP) is 3.16. The van der Waals surface area contributed by atoms with Gasteiger partial charge in [-0.2, -0.15) is 0 Å². The molecular weight excluding hydrogens is 315 g/mol. The molecule has 0 aliphatic heterocycles. The van der Waals surface area contributed by atoms with Crippen LogP contribution in [0.3, 0.4) is 0 Å². The van der Waals surface area contributed by atoms with Crippen LogP contribution in [-0.4, -0.2) is 14.5 Å². The number of nitrogens with two attached hydrogens (primary N) is 1. The Balaban J connectivity index is 2.27. The van der Waals surface area contributed by atoms with Gasteiger partial charge < -0.3 is 5.73 Å². The third-order valence-corrected chi connectivity index (χ3v) is 5.81. The van der Waals surface area contributed by atoms with Crippen molar-refractivity contribution in [3.05, 3.63) is 23.0 Å². The van der Waals surface area contributed by atoms with Crippen LogP contribution in [0.1, 0.15) is 33.1 Å². The molecule has 1 saturated carbocycles. The maximum atomic E-state index is 14.0. The van der Waals surface area contributed by atoms with E-state index in [4.69, 9.17) is 17.3 Å². The summed E-state index contributed by atoms with van der Waals surface area (Å²) in [7, 11) is -3.98. The lowest BCUT2D eigenvalue weighted by Crippen LogP contribution is -2.42. The lowest BCUT2D eigenvalue weighted by Gasteiger charge is -2.32. The van der Waals surface area contributed by atoms with Gasteiger partial charge in [-0.1, -0.05) is 25.4 Å². The minimum atomic E-state index is -3.98. The van der Waals surface area contributed by atoms with E-state index in [1.165, 1.54) is 6.07 Å². The van der Waals surface area contributed by atoms with Crippen LogP contribution in [-0.2, 0) is 10.0 Å². The molecular formula is C14H20ClFN2O2S. The van der Waals surface area contributed by atoms with Crippen molar-refractivity contribution in [2.75, 3.05) is 5.73 Å². The topological polar surface area (TPSA) is 72.2 Å². The van der Waals surface area contributed by atoms with Crippen molar-refractivity contribution < 1.29 is 12.8 Å². The quantitative estimate of drug-likeness (QED) is 0.834. The molecule has 3 unspecified atom stereocenters. The average molecular weight is 335 g/mol. The van der Waals surface area contributed by atoms with E-state index in [0.717, 1.165) is 25.3 Å². The monoisotopic (exact) mass is 334 g/mol. The summed E-state index contributed by atoms with van der Waals surface area (Å²) in [6, 6.07) is 2.10. The molecule has 1 fully saturated rings. The van der Waals surface area contributed by atoms with Crippen LogP contribution in [0.5, 0.6) is 0 Å². The van der Waals surface area contributed by atoms with Crippen LogP contribution >= 0.6 is 11.6 Å². The van der Waals surface area contributed by atoms with Crippen LogP contribution in [0.15, 0.2) is 17.0 Å². The number of nitrogen functional groups attached to an aromatic ring is 1. The number of sulfonamides is 1. The molecule has 0 bridgehead atoms. The predicted molar refractivity (Wildman–Crippen MR) is 82.1 cm³/mol. The molecule has 1 aliphatic carbocycles. The smallest absolute Gasteiger partial charge is 0.243 e. The molecule has 0 radical (unpaired) electrons. The maximum Gasteiger partial charge on any atom is 0.243 e. The Morgan fingerprint density at radius 1 is 1.33 bits per heavy atom. The SMILES string of the molecule is CC1CCC(NS(=O)(=O)c2cc(N)cc(Cl)c2F)C(C)C1. The first kappa shape index (κ1) is 16.5. The van der Waals surface area contributed by atoms with Crippen molar-refractivity contribution >= 4 is 27.3 Å². The van der Waals surface area contributed by atoms with Crippen molar-refractivity contribution in [1.29, 1.82) is 0 Å². The van der Waals surface area contributed by atoms with Gasteiger partial charge in [0.15, 0.2) is 5.82 Å². The number of rotatable bonds is 3. The van der Waals surface area contributed by atoms with Gasteiger partial charge in [-0.05, 0) is 43.2 Å². The highest BCUT2D eigenvalue weighted by Gasteiger charge is 2.31. The molecule has 0 heterocycles. The number of anilines is 1. The van der Waals surface area contributed by atoms with E-state index < -0.39 is 20.7 Å². The molecule has 7 heteroatoms. The number of hydrogen-bond acceptors (Lipinski definition) is 3. The van der Waals surface area contributed by atoms with Gasteiger partial charge in [-0.15, -0.1) is 0 Å². The summed E-state index contributed by atoms with van der Waals surface area (Å²) in [5, 5.41) is -0.291. The summed E-state index contributed by atoms with van der Waals surface area (Å²) < 4.78 is 41.4. The molecule has 118 valence electrons. The molecule has 3 N–H and O–H groups in total. The lowest BCUT2D eigenvalue weighted by molar-refractivity contribution is 0.249. The van der Waals surface area contributed by atoms with Gasteiger partial charge in [0.05, 0.1) is 5.02 Å². The number of hydrogen-bond donors (Lipinski definition) is 2. The van der Waals surface area contributed by atoms with E-state index in [2.05, 4.69) is 11.6 Å². The summed E-state index contributed by atoms with van der Waals surface area (Å²) in [4.78, 5) is -0.488. The third-order valence-electron chi connectivity index (χ3n) is 4.04. The van der Waals surface area contributed by atoms with Crippen molar-refractivity contribution in [2.45, 2.75) is 44.0 Å². The molecule has 21 heavy (non-hydrogen) atoms. The second kappa shape index (κ2) is 6.10. The minimum absolute atomic E-state index is 0.118. The highest BCUT2D eigenvalue weighted by atomic mass is 35.5. The first-order valence-electron chi connectivity index (χ1n) is 6.97. The van der Waals surface area contributed by atoms with Gasteiger partial charge >= 0.3 is 0 Å². The van der Waals surface area contributed by atoms with Crippen LogP contribution in [0.4, 0.5) is 10.1 Å². The zero-order valence-electron chi connectivity index (χ0n) is 12.1. The summed E-state index contributed by atoms with van der Waals surface area (Å²) in [6.45, 7) is 4.16. The Hall–Kier alpha value is -0.850. The zero-order chi connectivity index (χ0) is 15.8. The van der Waals surface area contributed by atoms with Crippen LogP contribution < -0.4 is 10.5 Å². The van der Waals surface area contributed by atoms with Crippen molar-refractivity contribution in [3.8, 4) is 0 Å². The number of halogens is 2. The average Bonchev–Trinajstić information content (AvgIpc) is 2.37. The van der Waals surface area contributed by atoms with E-state index in [1.54, 1.807) is 0 Å². The van der Waals surface area contributed by atoms with E-state index in [9.17, 15) is 12.8 Å². The third kappa shape index (κ3) is 3.67. The molecule has 2 rings (SSSR count). The first-order chi connectivity index (χ1) is 9.70. The fourth-order valence-electron chi connectivity index (χ4n) is 2.88. The van der Waals surface area contributed by atoms with E-state index in [0.29, 0.717) is 5.92 Å².